The maximum Gasteiger partial charge on any atom is 0.404 e. The number of benzene rings is 1. The molecule has 1 amide bonds. The molecule has 7 heteroatoms. The molecule has 0 unspecified atom stereocenters. The van der Waals surface area contributed by atoms with E-state index in [2.05, 4.69) is 27.8 Å². The highest BCUT2D eigenvalue weighted by molar-refractivity contribution is 5.65. The van der Waals surface area contributed by atoms with E-state index in [1.54, 1.807) is 13.2 Å². The van der Waals surface area contributed by atoms with Crippen LogP contribution in [0.1, 0.15) is 49.1 Å². The Morgan fingerprint density at radius 2 is 1.97 bits per heavy atom. The third-order valence-electron chi connectivity index (χ3n) is 6.08. The minimum Gasteiger partial charge on any atom is -0.497 e. The second-order valence-electron chi connectivity index (χ2n) is 8.15. The van der Waals surface area contributed by atoms with Crippen molar-refractivity contribution < 1.29 is 14.6 Å². The average Bonchev–Trinajstić information content (AvgIpc) is 3.53. The van der Waals surface area contributed by atoms with Crippen molar-refractivity contribution in [1.29, 1.82) is 5.26 Å². The molecule has 4 rings (SSSR count). The first-order valence-electron chi connectivity index (χ1n) is 10.4. The zero-order valence-electron chi connectivity index (χ0n) is 17.0. The minimum atomic E-state index is -0.928. The van der Waals surface area contributed by atoms with Crippen LogP contribution in [-0.4, -0.2) is 41.4 Å². The Morgan fingerprint density at radius 3 is 2.60 bits per heavy atom. The smallest absolute Gasteiger partial charge is 0.404 e. The van der Waals surface area contributed by atoms with Gasteiger partial charge in [-0.3, -0.25) is 4.98 Å². The second-order valence-corrected chi connectivity index (χ2v) is 8.15. The number of rotatable bonds is 6. The van der Waals surface area contributed by atoms with Crippen LogP contribution in [0.3, 0.4) is 0 Å². The maximum atomic E-state index is 10.8. The molecular formula is C23H26N4O3. The number of amides is 1. The summed E-state index contributed by atoms with van der Waals surface area (Å²) in [5.41, 5.74) is 3.47. The van der Waals surface area contributed by atoms with E-state index in [4.69, 9.17) is 9.84 Å². The highest BCUT2D eigenvalue weighted by Crippen LogP contribution is 2.42. The number of pyridine rings is 1. The lowest BCUT2D eigenvalue weighted by molar-refractivity contribution is 0.183. The summed E-state index contributed by atoms with van der Waals surface area (Å²) in [6, 6.07) is 12.7. The van der Waals surface area contributed by atoms with Gasteiger partial charge in [0.15, 0.2) is 0 Å². The van der Waals surface area contributed by atoms with Crippen molar-refractivity contribution in [2.24, 2.45) is 0 Å². The Morgan fingerprint density at radius 1 is 1.20 bits per heavy atom. The fourth-order valence-electron chi connectivity index (χ4n) is 4.35. The van der Waals surface area contributed by atoms with Crippen molar-refractivity contribution in [2.45, 2.75) is 56.1 Å². The van der Waals surface area contributed by atoms with Crippen LogP contribution in [0.2, 0.25) is 0 Å². The number of nitrogens with one attached hydrogen (secondary N) is 2. The first kappa shape index (κ1) is 20.2. The number of methoxy groups -OCH3 is 1. The molecule has 1 aromatic carbocycles. The summed E-state index contributed by atoms with van der Waals surface area (Å²) in [4.78, 5) is 15.4. The molecule has 0 radical (unpaired) electrons. The van der Waals surface area contributed by atoms with Crippen LogP contribution in [0.4, 0.5) is 4.79 Å². The molecule has 2 atom stereocenters. The van der Waals surface area contributed by atoms with Crippen molar-refractivity contribution in [3.05, 3.63) is 47.7 Å². The predicted molar refractivity (Wildman–Crippen MR) is 112 cm³/mol. The van der Waals surface area contributed by atoms with E-state index in [-0.39, 0.29) is 6.04 Å². The lowest BCUT2D eigenvalue weighted by Gasteiger charge is -2.29. The Hall–Kier alpha value is -3.11. The number of carboxylic acid groups (broad SMARTS) is 1. The fourth-order valence-corrected chi connectivity index (χ4v) is 4.35. The van der Waals surface area contributed by atoms with E-state index in [1.165, 1.54) is 5.56 Å². The van der Waals surface area contributed by atoms with Gasteiger partial charge in [0.2, 0.25) is 0 Å². The Balaban J connectivity index is 1.33. The summed E-state index contributed by atoms with van der Waals surface area (Å²) in [6.45, 7) is 0. The van der Waals surface area contributed by atoms with E-state index >= 15 is 0 Å². The maximum absolute atomic E-state index is 10.8. The highest BCUT2D eigenvalue weighted by Gasteiger charge is 2.40. The summed E-state index contributed by atoms with van der Waals surface area (Å²) in [5.74, 6) is 1.12. The molecule has 1 heterocycles. The van der Waals surface area contributed by atoms with Gasteiger partial charge < -0.3 is 20.5 Å². The van der Waals surface area contributed by atoms with E-state index in [1.807, 2.05) is 24.4 Å². The molecule has 30 heavy (non-hydrogen) atoms. The van der Waals surface area contributed by atoms with Crippen LogP contribution in [-0.2, 0) is 0 Å². The Kier molecular flexibility index (Phi) is 5.86. The van der Waals surface area contributed by atoms with Gasteiger partial charge in [0, 0.05) is 35.8 Å². The topological polar surface area (TPSA) is 107 Å². The summed E-state index contributed by atoms with van der Waals surface area (Å²) in [7, 11) is 1.59. The van der Waals surface area contributed by atoms with Gasteiger partial charge in [0.25, 0.3) is 0 Å². The molecule has 0 aliphatic heterocycles. The molecule has 2 fully saturated rings. The number of hydrogen-bond donors (Lipinski definition) is 3. The molecule has 2 saturated carbocycles. The number of nitriles is 1. The monoisotopic (exact) mass is 406 g/mol. The van der Waals surface area contributed by atoms with Crippen molar-refractivity contribution >= 4 is 6.09 Å². The summed E-state index contributed by atoms with van der Waals surface area (Å²) >= 11 is 0. The quantitative estimate of drug-likeness (QED) is 0.676. The number of ether oxygens (including phenoxy) is 1. The average molecular weight is 406 g/mol. The summed E-state index contributed by atoms with van der Waals surface area (Å²) < 4.78 is 5.28. The standard InChI is InChI=1S/C23H26N4O3/c1-30-19-9-14(12-24)8-16(10-19)21-7-2-15(13-25-21)20-11-22(20)26-17-3-5-18(6-4-17)27-23(28)29/h2,7-10,13,17-18,20,22,26-27H,3-6,11H2,1H3,(H,28,29)/t17?,18?,20-,22+/m0/s1. The molecule has 0 saturated heterocycles. The van der Waals surface area contributed by atoms with E-state index in [0.29, 0.717) is 29.3 Å². The molecular weight excluding hydrogens is 380 g/mol. The van der Waals surface area contributed by atoms with Crippen LogP contribution in [0.25, 0.3) is 11.3 Å². The summed E-state index contributed by atoms with van der Waals surface area (Å²) in [5, 5.41) is 24.4. The zero-order chi connectivity index (χ0) is 21.1. The molecule has 2 aliphatic rings. The molecule has 156 valence electrons. The first-order valence-corrected chi connectivity index (χ1v) is 10.4. The van der Waals surface area contributed by atoms with Crippen molar-refractivity contribution in [3.8, 4) is 23.1 Å². The Labute approximate surface area is 176 Å². The number of aromatic nitrogens is 1. The van der Waals surface area contributed by atoms with Gasteiger partial charge in [0.1, 0.15) is 5.75 Å². The first-order chi connectivity index (χ1) is 14.6. The molecule has 2 aliphatic carbocycles. The number of nitrogens with zero attached hydrogens (tertiary/aromatic N) is 2. The van der Waals surface area contributed by atoms with Gasteiger partial charge in [-0.2, -0.15) is 5.26 Å². The molecule has 1 aromatic heterocycles. The highest BCUT2D eigenvalue weighted by atomic mass is 16.5. The van der Waals surface area contributed by atoms with Gasteiger partial charge in [-0.25, -0.2) is 4.79 Å². The van der Waals surface area contributed by atoms with Gasteiger partial charge in [-0.1, -0.05) is 6.07 Å². The van der Waals surface area contributed by atoms with Crippen LogP contribution >= 0.6 is 0 Å². The minimum absolute atomic E-state index is 0.0884. The van der Waals surface area contributed by atoms with Gasteiger partial charge in [-0.15, -0.1) is 0 Å². The van der Waals surface area contributed by atoms with Gasteiger partial charge >= 0.3 is 6.09 Å². The van der Waals surface area contributed by atoms with Crippen molar-refractivity contribution in [3.63, 3.8) is 0 Å². The summed E-state index contributed by atoms with van der Waals surface area (Å²) in [6.07, 6.45) is 5.89. The largest absolute Gasteiger partial charge is 0.497 e. The van der Waals surface area contributed by atoms with Gasteiger partial charge in [-0.05, 0) is 61.9 Å². The second kappa shape index (κ2) is 8.72. The zero-order valence-corrected chi connectivity index (χ0v) is 17.0. The fraction of sp³-hybridized carbons (Fsp3) is 0.435. The predicted octanol–water partition coefficient (Wildman–Crippen LogP) is 3.65. The third-order valence-corrected chi connectivity index (χ3v) is 6.08. The van der Waals surface area contributed by atoms with Crippen LogP contribution in [0.15, 0.2) is 36.5 Å². The number of hydrogen-bond acceptors (Lipinski definition) is 5. The molecule has 3 N–H and O–H groups in total. The normalized spacial score (nSPS) is 25.2. The third kappa shape index (κ3) is 4.71. The van der Waals surface area contributed by atoms with Crippen LogP contribution in [0, 0.1) is 11.3 Å². The molecule has 2 aromatic rings. The lowest BCUT2D eigenvalue weighted by Crippen LogP contribution is -2.42. The van der Waals surface area contributed by atoms with Gasteiger partial charge in [0.05, 0.1) is 24.4 Å². The molecule has 0 bridgehead atoms. The van der Waals surface area contributed by atoms with E-state index < -0.39 is 6.09 Å². The van der Waals surface area contributed by atoms with E-state index in [0.717, 1.165) is 43.4 Å². The van der Waals surface area contributed by atoms with Crippen molar-refractivity contribution in [1.82, 2.24) is 15.6 Å². The SMILES string of the molecule is COc1cc(C#N)cc(-c2ccc([C@@H]3C[C@H]3NC3CCC(NC(=O)O)CC3)cn2)c1. The molecule has 7 nitrogen and oxygen atoms in total. The lowest BCUT2D eigenvalue weighted by atomic mass is 9.91. The van der Waals surface area contributed by atoms with Crippen LogP contribution in [0.5, 0.6) is 5.75 Å². The molecule has 0 spiro atoms. The Bertz CT molecular complexity index is 946. The van der Waals surface area contributed by atoms with Crippen molar-refractivity contribution in [2.75, 3.05) is 7.11 Å². The number of carbonyl (C=O) groups is 1. The van der Waals surface area contributed by atoms with E-state index in [9.17, 15) is 10.1 Å². The van der Waals surface area contributed by atoms with Crippen LogP contribution < -0.4 is 15.4 Å².